The summed E-state index contributed by atoms with van der Waals surface area (Å²) in [6.07, 6.45) is 0. The maximum Gasteiger partial charge on any atom is 0.257 e. The number of hydrogen-bond donors (Lipinski definition) is 2. The summed E-state index contributed by atoms with van der Waals surface area (Å²) in [5.41, 5.74) is 6.98. The molecular formula is C34H34N4O2S2. The molecule has 0 fully saturated rings. The molecule has 0 radical (unpaired) electrons. The van der Waals surface area contributed by atoms with Crippen molar-refractivity contribution in [2.75, 3.05) is 10.6 Å². The number of carbonyl (C=O) groups excluding carboxylic acids is 2. The van der Waals surface area contributed by atoms with Crippen LogP contribution >= 0.6 is 22.7 Å². The standard InChI is InChI=1S/C34H34N4O2S2/c1-33(2,3)25-14-10-21(11-15-25)27-19-41-31(35-27)37-29(39)23-8-7-9-24(18-23)30(40)38-32-36-28(20-42-32)22-12-16-26(17-13-22)34(4,5)6/h7-20H,1-6H3,(H,35,37,39)(H,36,38,40). The van der Waals surface area contributed by atoms with Crippen molar-refractivity contribution in [1.29, 1.82) is 0 Å². The van der Waals surface area contributed by atoms with Crippen molar-refractivity contribution in [3.05, 3.63) is 106 Å². The number of aromatic nitrogens is 2. The quantitative estimate of drug-likeness (QED) is 0.205. The Labute approximate surface area is 254 Å². The normalized spacial score (nSPS) is 11.8. The SMILES string of the molecule is CC(C)(C)c1ccc(-c2csc(NC(=O)c3cccc(C(=O)Nc4nc(-c5ccc(C(C)(C)C)cc5)cs4)c3)n2)cc1. The summed E-state index contributed by atoms with van der Waals surface area (Å²) in [6.45, 7) is 13.1. The lowest BCUT2D eigenvalue weighted by molar-refractivity contribution is 0.102. The van der Waals surface area contributed by atoms with Gasteiger partial charge in [0, 0.05) is 33.0 Å². The number of thiazole rings is 2. The number of nitrogens with one attached hydrogen (secondary N) is 2. The fraction of sp³-hybridized carbons (Fsp3) is 0.235. The number of nitrogens with zero attached hydrogens (tertiary/aromatic N) is 2. The molecule has 5 aromatic rings. The van der Waals surface area contributed by atoms with Gasteiger partial charge in [-0.25, -0.2) is 9.97 Å². The molecular weight excluding hydrogens is 561 g/mol. The predicted octanol–water partition coefficient (Wildman–Crippen LogP) is 9.03. The molecule has 2 amide bonds. The Morgan fingerprint density at radius 1 is 0.595 bits per heavy atom. The van der Waals surface area contributed by atoms with Crippen LogP contribution in [0.4, 0.5) is 10.3 Å². The molecule has 0 aliphatic carbocycles. The first-order valence-corrected chi connectivity index (χ1v) is 15.5. The fourth-order valence-corrected chi connectivity index (χ4v) is 5.78. The summed E-state index contributed by atoms with van der Waals surface area (Å²) in [4.78, 5) is 35.2. The van der Waals surface area contributed by atoms with E-state index < -0.39 is 0 Å². The largest absolute Gasteiger partial charge is 0.298 e. The number of anilines is 2. The monoisotopic (exact) mass is 594 g/mol. The van der Waals surface area contributed by atoms with Gasteiger partial charge in [-0.3, -0.25) is 20.2 Å². The number of benzene rings is 3. The van der Waals surface area contributed by atoms with Crippen molar-refractivity contribution in [2.45, 2.75) is 52.4 Å². The van der Waals surface area contributed by atoms with E-state index in [4.69, 9.17) is 0 Å². The maximum atomic E-state index is 13.0. The first-order valence-electron chi connectivity index (χ1n) is 13.7. The molecule has 0 saturated heterocycles. The molecule has 0 bridgehead atoms. The lowest BCUT2D eigenvalue weighted by atomic mass is 9.86. The van der Waals surface area contributed by atoms with Crippen LogP contribution in [-0.2, 0) is 10.8 Å². The first-order chi connectivity index (χ1) is 19.9. The minimum absolute atomic E-state index is 0.0767. The van der Waals surface area contributed by atoms with Crippen molar-refractivity contribution < 1.29 is 9.59 Å². The third-order valence-electron chi connectivity index (χ3n) is 6.93. The lowest BCUT2D eigenvalue weighted by Crippen LogP contribution is -2.15. The number of hydrogen-bond acceptors (Lipinski definition) is 6. The third-order valence-corrected chi connectivity index (χ3v) is 8.45. The molecule has 0 atom stereocenters. The number of amides is 2. The van der Waals surface area contributed by atoms with E-state index in [1.807, 2.05) is 10.8 Å². The molecule has 0 saturated carbocycles. The third kappa shape index (κ3) is 6.83. The summed E-state index contributed by atoms with van der Waals surface area (Å²) in [5, 5.41) is 10.6. The van der Waals surface area contributed by atoms with E-state index in [1.54, 1.807) is 24.3 Å². The summed E-state index contributed by atoms with van der Waals surface area (Å²) in [7, 11) is 0. The first kappa shape index (κ1) is 29.4. The Hall–Kier alpha value is -4.14. The predicted molar refractivity (Wildman–Crippen MR) is 175 cm³/mol. The smallest absolute Gasteiger partial charge is 0.257 e. The van der Waals surface area contributed by atoms with Gasteiger partial charge in [0.25, 0.3) is 11.8 Å². The second kappa shape index (κ2) is 11.6. The molecule has 6 nitrogen and oxygen atoms in total. The molecule has 2 N–H and O–H groups in total. The molecule has 8 heteroatoms. The summed E-state index contributed by atoms with van der Waals surface area (Å²) in [6, 6.07) is 23.3. The average molecular weight is 595 g/mol. The van der Waals surface area contributed by atoms with Gasteiger partial charge in [-0.1, -0.05) is 96.1 Å². The number of carbonyl (C=O) groups is 2. The van der Waals surface area contributed by atoms with Crippen LogP contribution in [0.2, 0.25) is 0 Å². The van der Waals surface area contributed by atoms with Crippen LogP contribution in [-0.4, -0.2) is 21.8 Å². The highest BCUT2D eigenvalue weighted by atomic mass is 32.1. The summed E-state index contributed by atoms with van der Waals surface area (Å²) >= 11 is 2.72. The zero-order chi connectivity index (χ0) is 30.1. The van der Waals surface area contributed by atoms with Crippen molar-refractivity contribution >= 4 is 44.8 Å². The lowest BCUT2D eigenvalue weighted by Gasteiger charge is -2.18. The average Bonchev–Trinajstić information content (AvgIpc) is 3.62. The topological polar surface area (TPSA) is 84.0 Å². The van der Waals surface area contributed by atoms with Crippen LogP contribution in [0.15, 0.2) is 83.6 Å². The number of rotatable bonds is 6. The van der Waals surface area contributed by atoms with Crippen LogP contribution in [0, 0.1) is 0 Å². The second-order valence-corrected chi connectivity index (χ2v) is 13.9. The Bertz CT molecular complexity index is 1600. The zero-order valence-corrected chi connectivity index (χ0v) is 26.2. The van der Waals surface area contributed by atoms with Crippen LogP contribution in [0.1, 0.15) is 73.4 Å². The maximum absolute atomic E-state index is 13.0. The Balaban J connectivity index is 1.23. The highest BCUT2D eigenvalue weighted by Gasteiger charge is 2.17. The van der Waals surface area contributed by atoms with Crippen LogP contribution < -0.4 is 10.6 Å². The van der Waals surface area contributed by atoms with Gasteiger partial charge in [0.05, 0.1) is 11.4 Å². The van der Waals surface area contributed by atoms with Crippen LogP contribution in [0.25, 0.3) is 22.5 Å². The molecule has 0 spiro atoms. The van der Waals surface area contributed by atoms with E-state index in [0.717, 1.165) is 22.5 Å². The van der Waals surface area contributed by atoms with Gasteiger partial charge in [0.15, 0.2) is 10.3 Å². The summed E-state index contributed by atoms with van der Waals surface area (Å²) < 4.78 is 0. The van der Waals surface area contributed by atoms with Gasteiger partial charge in [-0.2, -0.15) is 0 Å². The Morgan fingerprint density at radius 3 is 1.33 bits per heavy atom. The van der Waals surface area contributed by atoms with E-state index in [1.165, 1.54) is 33.8 Å². The molecule has 0 aliphatic heterocycles. The highest BCUT2D eigenvalue weighted by Crippen LogP contribution is 2.30. The molecule has 0 aliphatic rings. The minimum atomic E-state index is -0.330. The van der Waals surface area contributed by atoms with Crippen LogP contribution in [0.5, 0.6) is 0 Å². The molecule has 42 heavy (non-hydrogen) atoms. The molecule has 214 valence electrons. The van der Waals surface area contributed by atoms with Gasteiger partial charge in [-0.05, 0) is 40.2 Å². The van der Waals surface area contributed by atoms with Gasteiger partial charge >= 0.3 is 0 Å². The molecule has 5 rings (SSSR count). The van der Waals surface area contributed by atoms with E-state index >= 15 is 0 Å². The van der Waals surface area contributed by atoms with Crippen molar-refractivity contribution in [3.8, 4) is 22.5 Å². The zero-order valence-electron chi connectivity index (χ0n) is 24.6. The van der Waals surface area contributed by atoms with Crippen molar-refractivity contribution in [1.82, 2.24) is 9.97 Å². The highest BCUT2D eigenvalue weighted by molar-refractivity contribution is 7.14. The Kier molecular flexibility index (Phi) is 8.12. The fourth-order valence-electron chi connectivity index (χ4n) is 4.35. The van der Waals surface area contributed by atoms with Gasteiger partial charge in [0.2, 0.25) is 0 Å². The van der Waals surface area contributed by atoms with E-state index in [9.17, 15) is 9.59 Å². The Morgan fingerprint density at radius 2 is 0.976 bits per heavy atom. The second-order valence-electron chi connectivity index (χ2n) is 12.2. The van der Waals surface area contributed by atoms with Gasteiger partial charge in [-0.15, -0.1) is 22.7 Å². The summed E-state index contributed by atoms with van der Waals surface area (Å²) in [5.74, 6) is -0.660. The van der Waals surface area contributed by atoms with Crippen LogP contribution in [0.3, 0.4) is 0 Å². The molecule has 0 unspecified atom stereocenters. The van der Waals surface area contributed by atoms with E-state index in [-0.39, 0.29) is 22.6 Å². The van der Waals surface area contributed by atoms with Crippen molar-refractivity contribution in [3.63, 3.8) is 0 Å². The minimum Gasteiger partial charge on any atom is -0.298 e. The van der Waals surface area contributed by atoms with Gasteiger partial charge < -0.3 is 0 Å². The van der Waals surface area contributed by atoms with E-state index in [0.29, 0.717) is 21.4 Å². The van der Waals surface area contributed by atoms with E-state index in [2.05, 4.69) is 111 Å². The molecule has 2 heterocycles. The van der Waals surface area contributed by atoms with Gasteiger partial charge in [0.1, 0.15) is 0 Å². The molecule has 2 aromatic heterocycles. The molecule has 3 aromatic carbocycles. The van der Waals surface area contributed by atoms with Crippen molar-refractivity contribution in [2.24, 2.45) is 0 Å².